The largest absolute Gasteiger partial charge is 0.398 e. The van der Waals surface area contributed by atoms with E-state index in [1.165, 1.54) is 12.1 Å². The highest BCUT2D eigenvalue weighted by atomic mass is 79.9. The van der Waals surface area contributed by atoms with Crippen molar-refractivity contribution in [2.75, 3.05) is 5.73 Å². The first kappa shape index (κ1) is 15.6. The van der Waals surface area contributed by atoms with E-state index in [2.05, 4.69) is 15.9 Å². The Morgan fingerprint density at radius 2 is 1.80 bits per heavy atom. The number of nitrogen functional groups attached to an aromatic ring is 1. The lowest BCUT2D eigenvalue weighted by molar-refractivity contribution is 0.595. The molecule has 0 radical (unpaired) electrons. The van der Waals surface area contributed by atoms with Gasteiger partial charge in [0.05, 0.1) is 16.3 Å². The predicted octanol–water partition coefficient (Wildman–Crippen LogP) is 4.31. The molecule has 0 saturated carbocycles. The molecule has 0 aliphatic carbocycles. The Morgan fingerprint density at radius 1 is 1.10 bits per heavy atom. The van der Waals surface area contributed by atoms with Crippen LogP contribution in [0, 0.1) is 0 Å². The molecule has 0 unspecified atom stereocenters. The molecule has 2 N–H and O–H groups in total. The van der Waals surface area contributed by atoms with E-state index in [0.29, 0.717) is 15.6 Å². The van der Waals surface area contributed by atoms with E-state index >= 15 is 0 Å². The molecule has 20 heavy (non-hydrogen) atoms. The second kappa shape index (κ2) is 5.93. The number of benzene rings is 2. The van der Waals surface area contributed by atoms with Crippen LogP contribution in [-0.4, -0.2) is 8.42 Å². The van der Waals surface area contributed by atoms with Gasteiger partial charge in [-0.2, -0.15) is 0 Å². The number of rotatable bonds is 3. The lowest BCUT2D eigenvalue weighted by Gasteiger charge is -2.09. The molecule has 0 atom stereocenters. The van der Waals surface area contributed by atoms with Gasteiger partial charge in [0.25, 0.3) is 0 Å². The van der Waals surface area contributed by atoms with Gasteiger partial charge in [-0.3, -0.25) is 0 Å². The van der Waals surface area contributed by atoms with Crippen LogP contribution in [0.5, 0.6) is 0 Å². The van der Waals surface area contributed by atoms with Gasteiger partial charge in [0, 0.05) is 14.5 Å². The molecule has 0 aliphatic rings. The summed E-state index contributed by atoms with van der Waals surface area (Å²) in [5.74, 6) is -0.252. The summed E-state index contributed by atoms with van der Waals surface area (Å²) in [6, 6.07) is 9.35. The Kier molecular flexibility index (Phi) is 4.64. The normalized spacial score (nSPS) is 11.6. The van der Waals surface area contributed by atoms with Crippen molar-refractivity contribution in [3.05, 3.63) is 56.5 Å². The SMILES string of the molecule is Nc1cc(Br)ccc1S(=O)(=O)Cc1cc(Cl)ccc1Cl. The summed E-state index contributed by atoms with van der Waals surface area (Å²) in [5, 5.41) is 0.789. The maximum absolute atomic E-state index is 12.4. The summed E-state index contributed by atoms with van der Waals surface area (Å²) in [4.78, 5) is 0.0803. The fourth-order valence-corrected chi connectivity index (χ4v) is 4.07. The summed E-state index contributed by atoms with van der Waals surface area (Å²) >= 11 is 15.1. The van der Waals surface area contributed by atoms with Crippen molar-refractivity contribution in [3.8, 4) is 0 Å². The van der Waals surface area contributed by atoms with Crippen molar-refractivity contribution in [2.45, 2.75) is 10.6 Å². The van der Waals surface area contributed by atoms with Crippen LogP contribution < -0.4 is 5.73 Å². The monoisotopic (exact) mass is 393 g/mol. The minimum absolute atomic E-state index is 0.0803. The fraction of sp³-hybridized carbons (Fsp3) is 0.0769. The molecule has 0 spiro atoms. The van der Waals surface area contributed by atoms with Crippen LogP contribution in [0.3, 0.4) is 0 Å². The average molecular weight is 395 g/mol. The first-order chi connectivity index (χ1) is 9.29. The molecule has 0 heterocycles. The highest BCUT2D eigenvalue weighted by molar-refractivity contribution is 9.10. The first-order valence-electron chi connectivity index (χ1n) is 5.51. The minimum atomic E-state index is -3.59. The van der Waals surface area contributed by atoms with E-state index in [1.807, 2.05) is 0 Å². The molecule has 0 aromatic heterocycles. The highest BCUT2D eigenvalue weighted by Crippen LogP contribution is 2.29. The Labute approximate surface area is 135 Å². The molecular weight excluding hydrogens is 385 g/mol. The van der Waals surface area contributed by atoms with Gasteiger partial charge in [-0.1, -0.05) is 39.1 Å². The third-order valence-corrected chi connectivity index (χ3v) is 5.49. The number of sulfone groups is 1. The number of nitrogens with two attached hydrogens (primary N) is 1. The molecule has 0 fully saturated rings. The van der Waals surface area contributed by atoms with Crippen LogP contribution in [0.4, 0.5) is 5.69 Å². The van der Waals surface area contributed by atoms with E-state index in [9.17, 15) is 8.42 Å². The summed E-state index contributed by atoms with van der Waals surface area (Å²) in [7, 11) is -3.59. The van der Waals surface area contributed by atoms with Gasteiger partial charge in [-0.15, -0.1) is 0 Å². The standard InChI is InChI=1S/C13H10BrCl2NO2S/c14-9-1-4-13(12(17)6-9)20(18,19)7-8-5-10(15)2-3-11(8)16/h1-6H,7,17H2. The van der Waals surface area contributed by atoms with Crippen LogP contribution in [0.2, 0.25) is 10.0 Å². The number of hydrogen-bond donors (Lipinski definition) is 1. The number of hydrogen-bond acceptors (Lipinski definition) is 3. The van der Waals surface area contributed by atoms with E-state index in [0.717, 1.165) is 4.47 Å². The van der Waals surface area contributed by atoms with Gasteiger partial charge in [0.1, 0.15) is 0 Å². The molecule has 0 bridgehead atoms. The molecule has 106 valence electrons. The van der Waals surface area contributed by atoms with Crippen molar-refractivity contribution in [1.29, 1.82) is 0 Å². The van der Waals surface area contributed by atoms with Crippen LogP contribution in [-0.2, 0) is 15.6 Å². The van der Waals surface area contributed by atoms with Crippen LogP contribution >= 0.6 is 39.1 Å². The topological polar surface area (TPSA) is 60.2 Å². The van der Waals surface area contributed by atoms with Crippen LogP contribution in [0.25, 0.3) is 0 Å². The third-order valence-electron chi connectivity index (χ3n) is 2.66. The zero-order valence-corrected chi connectivity index (χ0v) is 14.0. The second-order valence-electron chi connectivity index (χ2n) is 4.18. The molecule has 3 nitrogen and oxygen atoms in total. The second-order valence-corrected chi connectivity index (χ2v) is 7.89. The van der Waals surface area contributed by atoms with Gasteiger partial charge in [0.15, 0.2) is 9.84 Å². The Morgan fingerprint density at radius 3 is 2.45 bits per heavy atom. The molecule has 7 heteroatoms. The lowest BCUT2D eigenvalue weighted by atomic mass is 10.2. The maximum Gasteiger partial charge on any atom is 0.184 e. The van der Waals surface area contributed by atoms with Crippen molar-refractivity contribution in [3.63, 3.8) is 0 Å². The molecular formula is C13H10BrCl2NO2S. The van der Waals surface area contributed by atoms with E-state index < -0.39 is 9.84 Å². The molecule has 2 rings (SSSR count). The zero-order chi connectivity index (χ0) is 14.9. The highest BCUT2D eigenvalue weighted by Gasteiger charge is 2.20. The van der Waals surface area contributed by atoms with Crippen molar-refractivity contribution in [1.82, 2.24) is 0 Å². The smallest absolute Gasteiger partial charge is 0.184 e. The van der Waals surface area contributed by atoms with Crippen molar-refractivity contribution >= 4 is 54.7 Å². The summed E-state index contributed by atoms with van der Waals surface area (Å²) in [6.45, 7) is 0. The van der Waals surface area contributed by atoms with Gasteiger partial charge in [-0.05, 0) is 42.0 Å². The fourth-order valence-electron chi connectivity index (χ4n) is 1.74. The van der Waals surface area contributed by atoms with E-state index in [4.69, 9.17) is 28.9 Å². The first-order valence-corrected chi connectivity index (χ1v) is 8.71. The summed E-state index contributed by atoms with van der Waals surface area (Å²) in [6.07, 6.45) is 0. The Balaban J connectivity index is 2.43. The molecule has 0 amide bonds. The average Bonchev–Trinajstić information content (AvgIpc) is 2.33. The third kappa shape index (κ3) is 3.47. The van der Waals surface area contributed by atoms with Crippen LogP contribution in [0.1, 0.15) is 5.56 Å². The lowest BCUT2D eigenvalue weighted by Crippen LogP contribution is -2.08. The Hall–Kier alpha value is -0.750. The van der Waals surface area contributed by atoms with E-state index in [-0.39, 0.29) is 16.3 Å². The number of halogens is 3. The zero-order valence-electron chi connectivity index (χ0n) is 10.1. The van der Waals surface area contributed by atoms with Crippen molar-refractivity contribution < 1.29 is 8.42 Å². The summed E-state index contributed by atoms with van der Waals surface area (Å²) < 4.78 is 25.5. The molecule has 0 aliphatic heterocycles. The number of anilines is 1. The Bertz CT molecular complexity index is 763. The summed E-state index contributed by atoms with van der Waals surface area (Å²) in [5.41, 5.74) is 6.40. The van der Waals surface area contributed by atoms with Gasteiger partial charge in [-0.25, -0.2) is 8.42 Å². The molecule has 2 aromatic carbocycles. The quantitative estimate of drug-likeness (QED) is 0.789. The van der Waals surface area contributed by atoms with Gasteiger partial charge < -0.3 is 5.73 Å². The van der Waals surface area contributed by atoms with Gasteiger partial charge in [0.2, 0.25) is 0 Å². The minimum Gasteiger partial charge on any atom is -0.398 e. The van der Waals surface area contributed by atoms with Crippen LogP contribution in [0.15, 0.2) is 45.8 Å². The van der Waals surface area contributed by atoms with E-state index in [1.54, 1.807) is 24.3 Å². The van der Waals surface area contributed by atoms with Gasteiger partial charge >= 0.3 is 0 Å². The van der Waals surface area contributed by atoms with Crippen molar-refractivity contribution in [2.24, 2.45) is 0 Å². The molecule has 2 aromatic rings. The maximum atomic E-state index is 12.4. The molecule has 0 saturated heterocycles. The predicted molar refractivity (Wildman–Crippen MR) is 85.9 cm³/mol.